The van der Waals surface area contributed by atoms with Gasteiger partial charge in [-0.3, -0.25) is 4.79 Å². The molecule has 0 aliphatic rings. The number of nitrogens with two attached hydrogens (primary N) is 1. The molecule has 0 aromatic heterocycles. The van der Waals surface area contributed by atoms with Crippen LogP contribution in [0.4, 0.5) is 11.4 Å². The van der Waals surface area contributed by atoms with Gasteiger partial charge in [-0.05, 0) is 30.7 Å². The van der Waals surface area contributed by atoms with E-state index < -0.39 is 9.84 Å². The molecule has 0 aliphatic carbocycles. The predicted octanol–water partition coefficient (Wildman–Crippen LogP) is 1.34. The molecule has 5 nitrogen and oxygen atoms in total. The summed E-state index contributed by atoms with van der Waals surface area (Å²) in [4.78, 5) is 11.6. The molecule has 0 aliphatic heterocycles. The fraction of sp³-hybridized carbons (Fsp3) is 0.417. The lowest BCUT2D eigenvalue weighted by atomic mass is 10.2. The molecule has 0 saturated carbocycles. The zero-order valence-electron chi connectivity index (χ0n) is 10.6. The Morgan fingerprint density at radius 2 is 2.06 bits per heavy atom. The van der Waals surface area contributed by atoms with Crippen LogP contribution < -0.4 is 11.1 Å². The van der Waals surface area contributed by atoms with Crippen LogP contribution in [0, 0.1) is 6.92 Å². The standard InChI is InChI=1S/C12H18N2O3S/c1-3-18(16,17)7-6-12(15)14-11-5-4-10(13)8-9(11)2/h4-5,8H,3,6-7,13H2,1-2H3,(H,14,15). The molecule has 6 heteroatoms. The van der Waals surface area contributed by atoms with Crippen LogP contribution >= 0.6 is 0 Å². The zero-order valence-corrected chi connectivity index (χ0v) is 11.4. The lowest BCUT2D eigenvalue weighted by Gasteiger charge is -2.09. The van der Waals surface area contributed by atoms with Gasteiger partial charge in [-0.25, -0.2) is 8.42 Å². The highest BCUT2D eigenvalue weighted by molar-refractivity contribution is 7.91. The van der Waals surface area contributed by atoms with Gasteiger partial charge in [0.2, 0.25) is 5.91 Å². The lowest BCUT2D eigenvalue weighted by molar-refractivity contribution is -0.115. The van der Waals surface area contributed by atoms with E-state index in [-0.39, 0.29) is 23.8 Å². The van der Waals surface area contributed by atoms with E-state index in [1.807, 2.05) is 6.92 Å². The number of sulfone groups is 1. The maximum absolute atomic E-state index is 11.6. The molecule has 0 atom stereocenters. The largest absolute Gasteiger partial charge is 0.399 e. The van der Waals surface area contributed by atoms with Crippen LogP contribution in [-0.2, 0) is 14.6 Å². The Morgan fingerprint density at radius 3 is 2.61 bits per heavy atom. The fourth-order valence-electron chi connectivity index (χ4n) is 1.43. The van der Waals surface area contributed by atoms with Gasteiger partial charge in [0, 0.05) is 23.5 Å². The topological polar surface area (TPSA) is 89.3 Å². The first-order chi connectivity index (χ1) is 8.34. The molecular formula is C12H18N2O3S. The Hall–Kier alpha value is -1.56. The lowest BCUT2D eigenvalue weighted by Crippen LogP contribution is -2.18. The van der Waals surface area contributed by atoms with Crippen molar-refractivity contribution >= 4 is 27.1 Å². The van der Waals surface area contributed by atoms with E-state index in [9.17, 15) is 13.2 Å². The smallest absolute Gasteiger partial charge is 0.225 e. The fourth-order valence-corrected chi connectivity index (χ4v) is 2.22. The van der Waals surface area contributed by atoms with Crippen molar-refractivity contribution < 1.29 is 13.2 Å². The Kier molecular flexibility index (Phi) is 4.72. The quantitative estimate of drug-likeness (QED) is 0.790. The molecule has 0 unspecified atom stereocenters. The van der Waals surface area contributed by atoms with Gasteiger partial charge in [-0.2, -0.15) is 0 Å². The number of rotatable bonds is 5. The normalized spacial score (nSPS) is 11.2. The minimum atomic E-state index is -3.10. The van der Waals surface area contributed by atoms with E-state index in [0.29, 0.717) is 11.4 Å². The van der Waals surface area contributed by atoms with E-state index >= 15 is 0 Å². The summed E-state index contributed by atoms with van der Waals surface area (Å²) in [6.45, 7) is 3.39. The highest BCUT2D eigenvalue weighted by Gasteiger charge is 2.11. The van der Waals surface area contributed by atoms with Gasteiger partial charge in [0.1, 0.15) is 0 Å². The number of carbonyl (C=O) groups is 1. The van der Waals surface area contributed by atoms with Gasteiger partial charge >= 0.3 is 0 Å². The highest BCUT2D eigenvalue weighted by Crippen LogP contribution is 2.17. The summed E-state index contributed by atoms with van der Waals surface area (Å²) in [5, 5.41) is 2.68. The Balaban J connectivity index is 2.60. The number of carbonyl (C=O) groups excluding carboxylic acids is 1. The van der Waals surface area contributed by atoms with Crippen LogP contribution in [0.2, 0.25) is 0 Å². The number of hydrogen-bond acceptors (Lipinski definition) is 4. The third-order valence-corrected chi connectivity index (χ3v) is 4.31. The molecule has 1 aromatic carbocycles. The molecule has 1 rings (SSSR count). The van der Waals surface area contributed by atoms with Crippen LogP contribution in [-0.4, -0.2) is 25.8 Å². The molecule has 18 heavy (non-hydrogen) atoms. The van der Waals surface area contributed by atoms with Gasteiger partial charge in [-0.1, -0.05) is 6.92 Å². The minimum Gasteiger partial charge on any atom is -0.399 e. The van der Waals surface area contributed by atoms with Gasteiger partial charge in [0.05, 0.1) is 5.75 Å². The number of amides is 1. The Labute approximate surface area is 107 Å². The molecule has 0 radical (unpaired) electrons. The van der Waals surface area contributed by atoms with Crippen LogP contribution in [0.25, 0.3) is 0 Å². The van der Waals surface area contributed by atoms with Gasteiger partial charge in [0.15, 0.2) is 9.84 Å². The maximum atomic E-state index is 11.6. The van der Waals surface area contributed by atoms with Crippen LogP contribution in [0.3, 0.4) is 0 Å². The summed E-state index contributed by atoms with van der Waals surface area (Å²) in [7, 11) is -3.10. The van der Waals surface area contributed by atoms with Crippen molar-refractivity contribution in [3.63, 3.8) is 0 Å². The third-order valence-electron chi connectivity index (χ3n) is 2.60. The molecule has 100 valence electrons. The molecule has 0 fully saturated rings. The number of hydrogen-bond donors (Lipinski definition) is 2. The first kappa shape index (κ1) is 14.5. The summed E-state index contributed by atoms with van der Waals surface area (Å²) in [5.74, 6) is -0.371. The maximum Gasteiger partial charge on any atom is 0.225 e. The minimum absolute atomic E-state index is 0.0278. The molecule has 0 spiro atoms. The van der Waals surface area contributed by atoms with Gasteiger partial charge in [0.25, 0.3) is 0 Å². The summed E-state index contributed by atoms with van der Waals surface area (Å²) in [6.07, 6.45) is -0.0278. The zero-order chi connectivity index (χ0) is 13.8. The summed E-state index contributed by atoms with van der Waals surface area (Å²) >= 11 is 0. The average Bonchev–Trinajstić information content (AvgIpc) is 2.30. The number of nitrogens with one attached hydrogen (secondary N) is 1. The molecule has 1 amide bonds. The second-order valence-electron chi connectivity index (χ2n) is 4.11. The van der Waals surface area contributed by atoms with E-state index in [2.05, 4.69) is 5.32 Å². The second kappa shape index (κ2) is 5.86. The number of aryl methyl sites for hydroxylation is 1. The monoisotopic (exact) mass is 270 g/mol. The van der Waals surface area contributed by atoms with Crippen molar-refractivity contribution in [3.05, 3.63) is 23.8 Å². The highest BCUT2D eigenvalue weighted by atomic mass is 32.2. The first-order valence-corrected chi connectivity index (χ1v) is 7.52. The summed E-state index contributed by atoms with van der Waals surface area (Å²) in [6, 6.07) is 5.14. The van der Waals surface area contributed by atoms with Crippen LogP contribution in [0.15, 0.2) is 18.2 Å². The Morgan fingerprint density at radius 1 is 1.39 bits per heavy atom. The molecule has 0 bridgehead atoms. The van der Waals surface area contributed by atoms with E-state index in [1.165, 1.54) is 0 Å². The van der Waals surface area contributed by atoms with Crippen LogP contribution in [0.5, 0.6) is 0 Å². The van der Waals surface area contributed by atoms with Crippen molar-refractivity contribution in [2.45, 2.75) is 20.3 Å². The SMILES string of the molecule is CCS(=O)(=O)CCC(=O)Nc1ccc(N)cc1C. The van der Waals surface area contributed by atoms with Crippen molar-refractivity contribution in [2.75, 3.05) is 22.6 Å². The van der Waals surface area contributed by atoms with Gasteiger partial charge < -0.3 is 11.1 Å². The van der Waals surface area contributed by atoms with E-state index in [0.717, 1.165) is 5.56 Å². The molecule has 0 heterocycles. The predicted molar refractivity (Wildman–Crippen MR) is 73.2 cm³/mol. The molecule has 1 aromatic rings. The average molecular weight is 270 g/mol. The van der Waals surface area contributed by atoms with Crippen molar-refractivity contribution in [2.24, 2.45) is 0 Å². The van der Waals surface area contributed by atoms with Crippen LogP contribution in [0.1, 0.15) is 18.9 Å². The summed E-state index contributed by atoms with van der Waals surface area (Å²) in [5.41, 5.74) is 7.73. The number of anilines is 2. The molecule has 3 N–H and O–H groups in total. The van der Waals surface area contributed by atoms with Crippen molar-refractivity contribution in [3.8, 4) is 0 Å². The third kappa shape index (κ3) is 4.37. The van der Waals surface area contributed by atoms with E-state index in [1.54, 1.807) is 25.1 Å². The van der Waals surface area contributed by atoms with Crippen molar-refractivity contribution in [1.29, 1.82) is 0 Å². The number of benzene rings is 1. The number of nitrogen functional groups attached to an aromatic ring is 1. The van der Waals surface area contributed by atoms with Crippen molar-refractivity contribution in [1.82, 2.24) is 0 Å². The second-order valence-corrected chi connectivity index (χ2v) is 6.58. The summed E-state index contributed by atoms with van der Waals surface area (Å²) < 4.78 is 22.5. The Bertz CT molecular complexity index is 538. The molecular weight excluding hydrogens is 252 g/mol. The van der Waals surface area contributed by atoms with E-state index in [4.69, 9.17) is 5.73 Å². The molecule has 0 saturated heterocycles. The van der Waals surface area contributed by atoms with Gasteiger partial charge in [-0.15, -0.1) is 0 Å². The first-order valence-electron chi connectivity index (χ1n) is 5.70.